The molecular formula is C13H16F3N3O2. The van der Waals surface area contributed by atoms with E-state index < -0.39 is 17.6 Å². The summed E-state index contributed by atoms with van der Waals surface area (Å²) in [7, 11) is 0. The largest absolute Gasteiger partial charge is 0.418 e. The van der Waals surface area contributed by atoms with Crippen molar-refractivity contribution in [2.75, 3.05) is 12.0 Å². The van der Waals surface area contributed by atoms with Gasteiger partial charge in [0.05, 0.1) is 23.4 Å². The molecule has 1 aromatic rings. The van der Waals surface area contributed by atoms with E-state index in [0.29, 0.717) is 13.0 Å². The van der Waals surface area contributed by atoms with Gasteiger partial charge in [-0.1, -0.05) is 0 Å². The molecule has 1 aliphatic rings. The Morgan fingerprint density at radius 3 is 2.67 bits per heavy atom. The van der Waals surface area contributed by atoms with Gasteiger partial charge in [-0.2, -0.15) is 13.2 Å². The van der Waals surface area contributed by atoms with Gasteiger partial charge in [-0.3, -0.25) is 10.6 Å². The van der Waals surface area contributed by atoms with Gasteiger partial charge in [0.1, 0.15) is 0 Å². The average Bonchev–Trinajstić information content (AvgIpc) is 2.82. The highest BCUT2D eigenvalue weighted by atomic mass is 19.4. The summed E-state index contributed by atoms with van der Waals surface area (Å²) < 4.78 is 44.0. The van der Waals surface area contributed by atoms with Crippen molar-refractivity contribution in [3.8, 4) is 0 Å². The normalized spacial score (nSPS) is 22.1. The molecule has 0 aromatic heterocycles. The number of benzene rings is 1. The van der Waals surface area contributed by atoms with Gasteiger partial charge in [0.25, 0.3) is 5.91 Å². The molecule has 0 bridgehead atoms. The third-order valence-electron chi connectivity index (χ3n) is 3.44. The summed E-state index contributed by atoms with van der Waals surface area (Å²) in [5.41, 5.74) is 0.648. The Balaban J connectivity index is 2.21. The molecule has 2 rings (SSSR count). The average molecular weight is 303 g/mol. The van der Waals surface area contributed by atoms with Gasteiger partial charge in [0.2, 0.25) is 0 Å². The van der Waals surface area contributed by atoms with Gasteiger partial charge in [0.15, 0.2) is 0 Å². The number of carbonyl (C=O) groups excluding carboxylic acids is 1. The van der Waals surface area contributed by atoms with Gasteiger partial charge in [-0.05, 0) is 31.5 Å². The van der Waals surface area contributed by atoms with E-state index in [1.165, 1.54) is 6.07 Å². The highest BCUT2D eigenvalue weighted by molar-refractivity contribution is 5.95. The molecule has 0 saturated carbocycles. The van der Waals surface area contributed by atoms with E-state index in [9.17, 15) is 18.0 Å². The minimum Gasteiger partial charge on any atom is -0.376 e. The first-order valence-corrected chi connectivity index (χ1v) is 6.43. The van der Waals surface area contributed by atoms with E-state index in [0.717, 1.165) is 12.1 Å². The monoisotopic (exact) mass is 303 g/mol. The lowest BCUT2D eigenvalue weighted by Crippen LogP contribution is -2.39. The van der Waals surface area contributed by atoms with E-state index >= 15 is 0 Å². The van der Waals surface area contributed by atoms with E-state index in [4.69, 9.17) is 10.6 Å². The third kappa shape index (κ3) is 3.45. The second kappa shape index (κ2) is 5.90. The number of amides is 1. The number of ether oxygens (including phenoxy) is 1. The minimum atomic E-state index is -4.60. The topological polar surface area (TPSA) is 76.4 Å². The number of hydrogen-bond acceptors (Lipinski definition) is 4. The maximum Gasteiger partial charge on any atom is 0.418 e. The predicted molar refractivity (Wildman–Crippen MR) is 70.5 cm³/mol. The quantitative estimate of drug-likeness (QED) is 0.589. The van der Waals surface area contributed by atoms with Gasteiger partial charge in [-0.15, -0.1) is 0 Å². The molecule has 116 valence electrons. The molecule has 4 N–H and O–H groups in total. The molecule has 1 amide bonds. The van der Waals surface area contributed by atoms with Gasteiger partial charge < -0.3 is 15.5 Å². The SMILES string of the molecule is CC1OCCC1NC(=O)c1ccc(NN)c(C(F)(F)F)c1. The molecule has 0 spiro atoms. The van der Waals surface area contributed by atoms with Crippen LogP contribution in [0.5, 0.6) is 0 Å². The first-order chi connectivity index (χ1) is 9.82. The van der Waals surface area contributed by atoms with Crippen LogP contribution in [0.25, 0.3) is 0 Å². The first kappa shape index (κ1) is 15.6. The van der Waals surface area contributed by atoms with E-state index in [2.05, 4.69) is 5.32 Å². The van der Waals surface area contributed by atoms with Crippen molar-refractivity contribution in [2.45, 2.75) is 31.7 Å². The van der Waals surface area contributed by atoms with Crippen molar-refractivity contribution < 1.29 is 22.7 Å². The Morgan fingerprint density at radius 2 is 2.14 bits per heavy atom. The zero-order valence-electron chi connectivity index (χ0n) is 11.3. The van der Waals surface area contributed by atoms with Crippen LogP contribution in [-0.4, -0.2) is 24.7 Å². The Kier molecular flexibility index (Phi) is 4.38. The Morgan fingerprint density at radius 1 is 1.43 bits per heavy atom. The zero-order chi connectivity index (χ0) is 15.6. The fourth-order valence-electron chi connectivity index (χ4n) is 2.22. The van der Waals surface area contributed by atoms with Crippen LogP contribution in [0.15, 0.2) is 18.2 Å². The molecule has 5 nitrogen and oxygen atoms in total. The van der Waals surface area contributed by atoms with Crippen molar-refractivity contribution in [1.82, 2.24) is 5.32 Å². The van der Waals surface area contributed by atoms with Crippen molar-refractivity contribution in [3.63, 3.8) is 0 Å². The van der Waals surface area contributed by atoms with Crippen LogP contribution >= 0.6 is 0 Å². The fraction of sp³-hybridized carbons (Fsp3) is 0.462. The lowest BCUT2D eigenvalue weighted by atomic mass is 10.1. The molecule has 2 unspecified atom stereocenters. The van der Waals surface area contributed by atoms with Crippen LogP contribution in [-0.2, 0) is 10.9 Å². The molecular weight excluding hydrogens is 287 g/mol. The van der Waals surface area contributed by atoms with Crippen molar-refractivity contribution >= 4 is 11.6 Å². The fourth-order valence-corrected chi connectivity index (χ4v) is 2.22. The van der Waals surface area contributed by atoms with E-state index in [1.807, 2.05) is 5.43 Å². The van der Waals surface area contributed by atoms with Crippen LogP contribution < -0.4 is 16.6 Å². The number of alkyl halides is 3. The molecule has 8 heteroatoms. The summed E-state index contributed by atoms with van der Waals surface area (Å²) in [6.45, 7) is 2.33. The molecule has 0 aliphatic carbocycles. The number of carbonyl (C=O) groups is 1. The Labute approximate surface area is 119 Å². The highest BCUT2D eigenvalue weighted by Crippen LogP contribution is 2.35. The number of nitrogens with two attached hydrogens (primary N) is 1. The summed E-state index contributed by atoms with van der Waals surface area (Å²) in [5, 5.41) is 2.68. The summed E-state index contributed by atoms with van der Waals surface area (Å²) in [6.07, 6.45) is -4.11. The highest BCUT2D eigenvalue weighted by Gasteiger charge is 2.34. The smallest absolute Gasteiger partial charge is 0.376 e. The number of hydrogen-bond donors (Lipinski definition) is 3. The second-order valence-electron chi connectivity index (χ2n) is 4.85. The van der Waals surface area contributed by atoms with Crippen LogP contribution in [0, 0.1) is 0 Å². The standard InChI is InChI=1S/C13H16F3N3O2/c1-7-10(4-5-21-7)18-12(20)8-2-3-11(19-17)9(6-8)13(14,15)16/h2-3,6-7,10,19H,4-5,17H2,1H3,(H,18,20). The van der Waals surface area contributed by atoms with Crippen LogP contribution in [0.4, 0.5) is 18.9 Å². The molecule has 0 radical (unpaired) electrons. The van der Waals surface area contributed by atoms with Gasteiger partial charge in [0, 0.05) is 12.2 Å². The predicted octanol–water partition coefficient (Wildman–Crippen LogP) is 1.90. The molecule has 1 fully saturated rings. The van der Waals surface area contributed by atoms with Crippen LogP contribution in [0.3, 0.4) is 0 Å². The lowest BCUT2D eigenvalue weighted by molar-refractivity contribution is -0.137. The number of nitrogen functional groups attached to an aromatic ring is 1. The van der Waals surface area contributed by atoms with E-state index in [-0.39, 0.29) is 23.4 Å². The van der Waals surface area contributed by atoms with Crippen LogP contribution in [0.1, 0.15) is 29.3 Å². The summed E-state index contributed by atoms with van der Waals surface area (Å²) in [4.78, 5) is 12.0. The van der Waals surface area contributed by atoms with Gasteiger partial charge in [-0.25, -0.2) is 0 Å². The summed E-state index contributed by atoms with van der Waals surface area (Å²) >= 11 is 0. The molecule has 2 atom stereocenters. The third-order valence-corrected chi connectivity index (χ3v) is 3.44. The van der Waals surface area contributed by atoms with Crippen molar-refractivity contribution in [2.24, 2.45) is 5.84 Å². The summed E-state index contributed by atoms with van der Waals surface area (Å²) in [5.74, 6) is 4.49. The Hall–Kier alpha value is -1.80. The maximum atomic E-state index is 12.9. The summed E-state index contributed by atoms with van der Waals surface area (Å²) in [6, 6.07) is 3.01. The van der Waals surface area contributed by atoms with Crippen molar-refractivity contribution in [3.05, 3.63) is 29.3 Å². The molecule has 1 heterocycles. The molecule has 1 aromatic carbocycles. The van der Waals surface area contributed by atoms with E-state index in [1.54, 1.807) is 6.92 Å². The number of rotatable bonds is 3. The first-order valence-electron chi connectivity index (χ1n) is 6.43. The Bertz CT molecular complexity index is 534. The van der Waals surface area contributed by atoms with Gasteiger partial charge >= 0.3 is 6.18 Å². The number of anilines is 1. The minimum absolute atomic E-state index is 0.0691. The second-order valence-corrected chi connectivity index (χ2v) is 4.85. The molecule has 21 heavy (non-hydrogen) atoms. The number of halogens is 3. The number of hydrazine groups is 1. The molecule has 1 aliphatic heterocycles. The maximum absolute atomic E-state index is 12.9. The molecule has 1 saturated heterocycles. The zero-order valence-corrected chi connectivity index (χ0v) is 11.3. The van der Waals surface area contributed by atoms with Crippen LogP contribution in [0.2, 0.25) is 0 Å². The van der Waals surface area contributed by atoms with Crippen molar-refractivity contribution in [1.29, 1.82) is 0 Å². The number of nitrogens with one attached hydrogen (secondary N) is 2. The lowest BCUT2D eigenvalue weighted by Gasteiger charge is -2.17.